The van der Waals surface area contributed by atoms with Crippen LogP contribution in [-0.4, -0.2) is 36.1 Å². The summed E-state index contributed by atoms with van der Waals surface area (Å²) < 4.78 is 0. The summed E-state index contributed by atoms with van der Waals surface area (Å²) in [6, 6.07) is 8.54. The second-order valence-corrected chi connectivity index (χ2v) is 6.09. The quantitative estimate of drug-likeness (QED) is 0.786. The average molecular weight is 297 g/mol. The first kappa shape index (κ1) is 15.3. The molecular formula is C19H27N3. The molecule has 0 saturated heterocycles. The number of aryl methyl sites for hydroxylation is 1. The molecule has 1 aliphatic rings. The lowest BCUT2D eigenvalue weighted by Crippen LogP contribution is -2.25. The van der Waals surface area contributed by atoms with Crippen molar-refractivity contribution in [2.45, 2.75) is 39.5 Å². The topological polar surface area (TPSA) is 28.2 Å². The van der Waals surface area contributed by atoms with Gasteiger partial charge in [-0.2, -0.15) is 0 Å². The summed E-state index contributed by atoms with van der Waals surface area (Å²) >= 11 is 0. The predicted molar refractivity (Wildman–Crippen MR) is 94.7 cm³/mol. The number of para-hydroxylation sites is 1. The number of nitrogens with one attached hydrogen (secondary N) is 1. The van der Waals surface area contributed by atoms with Crippen molar-refractivity contribution in [3.63, 3.8) is 0 Å². The fraction of sp³-hybridized carbons (Fsp3) is 0.526. The lowest BCUT2D eigenvalue weighted by Gasteiger charge is -2.19. The van der Waals surface area contributed by atoms with Crippen molar-refractivity contribution in [2.24, 2.45) is 0 Å². The summed E-state index contributed by atoms with van der Waals surface area (Å²) in [4.78, 5) is 7.33. The first-order chi connectivity index (χ1) is 10.8. The SMILES string of the molecule is CCN(CC)CCCNc1c2c(nc3ccccc13)CCC2. The van der Waals surface area contributed by atoms with E-state index in [4.69, 9.17) is 4.98 Å². The van der Waals surface area contributed by atoms with Crippen LogP contribution in [0.15, 0.2) is 24.3 Å². The number of hydrogen-bond donors (Lipinski definition) is 1. The Kier molecular flexibility index (Phi) is 4.94. The fourth-order valence-electron chi connectivity index (χ4n) is 3.47. The summed E-state index contributed by atoms with van der Waals surface area (Å²) in [5.74, 6) is 0. The van der Waals surface area contributed by atoms with Gasteiger partial charge in [0.25, 0.3) is 0 Å². The number of benzene rings is 1. The van der Waals surface area contributed by atoms with E-state index >= 15 is 0 Å². The lowest BCUT2D eigenvalue weighted by atomic mass is 10.1. The third-order valence-electron chi connectivity index (χ3n) is 4.77. The third-order valence-corrected chi connectivity index (χ3v) is 4.77. The maximum Gasteiger partial charge on any atom is 0.0726 e. The molecule has 1 aromatic carbocycles. The largest absolute Gasteiger partial charge is 0.384 e. The highest BCUT2D eigenvalue weighted by Gasteiger charge is 2.19. The Bertz CT molecular complexity index is 632. The Morgan fingerprint density at radius 2 is 1.95 bits per heavy atom. The molecule has 3 heteroatoms. The summed E-state index contributed by atoms with van der Waals surface area (Å²) in [6.07, 6.45) is 4.74. The summed E-state index contributed by atoms with van der Waals surface area (Å²) in [5.41, 5.74) is 5.25. The molecule has 0 amide bonds. The summed E-state index contributed by atoms with van der Waals surface area (Å²) in [5, 5.41) is 5.01. The molecular weight excluding hydrogens is 270 g/mol. The smallest absolute Gasteiger partial charge is 0.0726 e. The molecule has 0 bridgehead atoms. The van der Waals surface area contributed by atoms with E-state index in [1.165, 1.54) is 48.1 Å². The molecule has 1 aliphatic carbocycles. The minimum absolute atomic E-state index is 1.04. The molecule has 0 spiro atoms. The van der Waals surface area contributed by atoms with Gasteiger partial charge in [0, 0.05) is 23.3 Å². The molecule has 1 aromatic heterocycles. The molecule has 1 N–H and O–H groups in total. The van der Waals surface area contributed by atoms with Gasteiger partial charge in [-0.1, -0.05) is 32.0 Å². The molecule has 3 nitrogen and oxygen atoms in total. The van der Waals surface area contributed by atoms with Gasteiger partial charge in [-0.05, 0) is 56.9 Å². The third kappa shape index (κ3) is 3.09. The highest BCUT2D eigenvalue weighted by atomic mass is 15.1. The van der Waals surface area contributed by atoms with Crippen LogP contribution in [-0.2, 0) is 12.8 Å². The van der Waals surface area contributed by atoms with E-state index in [9.17, 15) is 0 Å². The number of hydrogen-bond acceptors (Lipinski definition) is 3. The van der Waals surface area contributed by atoms with E-state index in [2.05, 4.69) is 48.3 Å². The lowest BCUT2D eigenvalue weighted by molar-refractivity contribution is 0.303. The first-order valence-electron chi connectivity index (χ1n) is 8.70. The van der Waals surface area contributed by atoms with Crippen LogP contribution in [0.5, 0.6) is 0 Å². The van der Waals surface area contributed by atoms with Crippen LogP contribution in [0.2, 0.25) is 0 Å². The molecule has 0 radical (unpaired) electrons. The number of aromatic nitrogens is 1. The molecule has 0 unspecified atom stereocenters. The van der Waals surface area contributed by atoms with Gasteiger partial charge in [-0.15, -0.1) is 0 Å². The second-order valence-electron chi connectivity index (χ2n) is 6.09. The molecule has 0 saturated carbocycles. The van der Waals surface area contributed by atoms with E-state index in [1.54, 1.807) is 0 Å². The van der Waals surface area contributed by atoms with E-state index in [0.717, 1.165) is 31.6 Å². The molecule has 3 rings (SSSR count). The zero-order valence-corrected chi connectivity index (χ0v) is 13.9. The summed E-state index contributed by atoms with van der Waals surface area (Å²) in [6.45, 7) is 8.97. The first-order valence-corrected chi connectivity index (χ1v) is 8.70. The number of anilines is 1. The van der Waals surface area contributed by atoms with Gasteiger partial charge in [0.1, 0.15) is 0 Å². The zero-order valence-electron chi connectivity index (χ0n) is 13.9. The Labute approximate surface area is 133 Å². The highest BCUT2D eigenvalue weighted by Crippen LogP contribution is 2.33. The Morgan fingerprint density at radius 1 is 1.14 bits per heavy atom. The fourth-order valence-corrected chi connectivity index (χ4v) is 3.47. The maximum absolute atomic E-state index is 4.85. The van der Waals surface area contributed by atoms with Gasteiger partial charge in [-0.3, -0.25) is 4.98 Å². The zero-order chi connectivity index (χ0) is 15.4. The minimum Gasteiger partial charge on any atom is -0.384 e. The van der Waals surface area contributed by atoms with E-state index < -0.39 is 0 Å². The van der Waals surface area contributed by atoms with Crippen molar-refractivity contribution < 1.29 is 0 Å². The van der Waals surface area contributed by atoms with E-state index in [0.29, 0.717) is 0 Å². The number of fused-ring (bicyclic) bond motifs is 2. The molecule has 22 heavy (non-hydrogen) atoms. The van der Waals surface area contributed by atoms with Crippen molar-refractivity contribution in [3.8, 4) is 0 Å². The molecule has 118 valence electrons. The van der Waals surface area contributed by atoms with Gasteiger partial charge < -0.3 is 10.2 Å². The van der Waals surface area contributed by atoms with Gasteiger partial charge in [0.15, 0.2) is 0 Å². The Morgan fingerprint density at radius 3 is 2.77 bits per heavy atom. The summed E-state index contributed by atoms with van der Waals surface area (Å²) in [7, 11) is 0. The van der Waals surface area contributed by atoms with Crippen LogP contribution < -0.4 is 5.32 Å². The Balaban J connectivity index is 1.75. The molecule has 1 heterocycles. The molecule has 2 aromatic rings. The number of rotatable bonds is 7. The van der Waals surface area contributed by atoms with Crippen LogP contribution in [0, 0.1) is 0 Å². The van der Waals surface area contributed by atoms with Crippen molar-refractivity contribution in [3.05, 3.63) is 35.5 Å². The normalized spacial score (nSPS) is 13.8. The van der Waals surface area contributed by atoms with Crippen LogP contribution >= 0.6 is 0 Å². The highest BCUT2D eigenvalue weighted by molar-refractivity contribution is 5.93. The van der Waals surface area contributed by atoms with E-state index in [1.807, 2.05) is 0 Å². The average Bonchev–Trinajstić information content (AvgIpc) is 3.02. The number of pyridine rings is 1. The standard InChI is InChI=1S/C19H27N3/c1-3-22(4-2)14-8-13-20-19-15-9-5-6-11-17(15)21-18-12-7-10-16(18)19/h5-6,9,11H,3-4,7-8,10,12-14H2,1-2H3,(H,20,21). The van der Waals surface area contributed by atoms with Gasteiger partial charge in [0.2, 0.25) is 0 Å². The van der Waals surface area contributed by atoms with Crippen molar-refractivity contribution in [1.82, 2.24) is 9.88 Å². The van der Waals surface area contributed by atoms with Gasteiger partial charge in [0.05, 0.1) is 5.52 Å². The predicted octanol–water partition coefficient (Wildman–Crippen LogP) is 3.87. The van der Waals surface area contributed by atoms with Crippen LogP contribution in [0.25, 0.3) is 10.9 Å². The van der Waals surface area contributed by atoms with Crippen molar-refractivity contribution >= 4 is 16.6 Å². The van der Waals surface area contributed by atoms with Crippen LogP contribution in [0.3, 0.4) is 0 Å². The van der Waals surface area contributed by atoms with Crippen LogP contribution in [0.1, 0.15) is 37.9 Å². The van der Waals surface area contributed by atoms with Crippen molar-refractivity contribution in [2.75, 3.05) is 31.5 Å². The molecule has 0 atom stereocenters. The van der Waals surface area contributed by atoms with E-state index in [-0.39, 0.29) is 0 Å². The minimum atomic E-state index is 1.04. The monoisotopic (exact) mass is 297 g/mol. The second kappa shape index (κ2) is 7.10. The molecule has 0 aliphatic heterocycles. The van der Waals surface area contributed by atoms with Crippen LogP contribution in [0.4, 0.5) is 5.69 Å². The van der Waals surface area contributed by atoms with Gasteiger partial charge in [-0.25, -0.2) is 0 Å². The number of nitrogens with zero attached hydrogens (tertiary/aromatic N) is 2. The maximum atomic E-state index is 4.85. The van der Waals surface area contributed by atoms with Gasteiger partial charge >= 0.3 is 0 Å². The Hall–Kier alpha value is -1.61. The van der Waals surface area contributed by atoms with Crippen molar-refractivity contribution in [1.29, 1.82) is 0 Å². The molecule has 0 fully saturated rings.